The number of H-pyrrole nitrogens is 1. The van der Waals surface area contributed by atoms with Gasteiger partial charge in [-0.05, 0) is 19.0 Å². The Bertz CT molecular complexity index is 676. The Morgan fingerprint density at radius 1 is 1.45 bits per heavy atom. The van der Waals surface area contributed by atoms with Crippen molar-refractivity contribution in [2.24, 2.45) is 0 Å². The van der Waals surface area contributed by atoms with E-state index < -0.39 is 4.92 Å². The molecule has 2 heterocycles. The van der Waals surface area contributed by atoms with Crippen molar-refractivity contribution in [2.45, 2.75) is 6.42 Å². The molecule has 0 amide bonds. The summed E-state index contributed by atoms with van der Waals surface area (Å²) < 4.78 is 0. The van der Waals surface area contributed by atoms with Gasteiger partial charge in [-0.2, -0.15) is 0 Å². The van der Waals surface area contributed by atoms with E-state index in [9.17, 15) is 10.1 Å². The fraction of sp³-hybridized carbons (Fsp3) is 0.308. The number of anilines is 1. The fourth-order valence-electron chi connectivity index (χ4n) is 2.22. The van der Waals surface area contributed by atoms with Crippen LogP contribution in [-0.4, -0.2) is 34.5 Å². The minimum atomic E-state index is -0.410. The number of non-ortho nitro benzene ring substituents is 1. The highest BCUT2D eigenvalue weighted by atomic mass is 16.6. The maximum atomic E-state index is 10.7. The van der Waals surface area contributed by atoms with Crippen molar-refractivity contribution in [1.29, 1.82) is 0 Å². The van der Waals surface area contributed by atoms with E-state index in [1.54, 1.807) is 6.07 Å². The second-order valence-electron chi connectivity index (χ2n) is 4.71. The topological polar surface area (TPSA) is 95.9 Å². The summed E-state index contributed by atoms with van der Waals surface area (Å²) in [5, 5.41) is 17.2. The Kier molecular flexibility index (Phi) is 3.34. The molecule has 2 aromatic rings. The third kappa shape index (κ3) is 2.62. The number of nitro groups is 1. The van der Waals surface area contributed by atoms with E-state index >= 15 is 0 Å². The van der Waals surface area contributed by atoms with Gasteiger partial charge in [0.05, 0.1) is 16.0 Å². The predicted octanol–water partition coefficient (Wildman–Crippen LogP) is 1.80. The molecule has 1 aromatic carbocycles. The van der Waals surface area contributed by atoms with Crippen LogP contribution in [0.4, 0.5) is 11.6 Å². The number of nitrogens with one attached hydrogen (secondary N) is 3. The maximum Gasteiger partial charge on any atom is 0.271 e. The summed E-state index contributed by atoms with van der Waals surface area (Å²) >= 11 is 0. The summed E-state index contributed by atoms with van der Waals surface area (Å²) in [5.41, 5.74) is 2.79. The molecule has 104 valence electrons. The Morgan fingerprint density at radius 2 is 2.35 bits per heavy atom. The van der Waals surface area contributed by atoms with Crippen LogP contribution in [0.5, 0.6) is 0 Å². The molecule has 0 radical (unpaired) electrons. The molecule has 0 unspecified atom stereocenters. The van der Waals surface area contributed by atoms with Crippen molar-refractivity contribution in [2.75, 3.05) is 25.0 Å². The number of hydrogen-bond donors (Lipinski definition) is 3. The summed E-state index contributed by atoms with van der Waals surface area (Å²) in [6, 6.07) is 4.61. The summed E-state index contributed by atoms with van der Waals surface area (Å²) in [6.07, 6.45) is 3.20. The molecule has 20 heavy (non-hydrogen) atoms. The quantitative estimate of drug-likeness (QED) is 0.448. The number of fused-ring (bicyclic) bond motifs is 1. The van der Waals surface area contributed by atoms with Crippen molar-refractivity contribution >= 4 is 22.7 Å². The Hall–Kier alpha value is -2.41. The number of nitro benzene ring substituents is 1. The third-order valence-electron chi connectivity index (χ3n) is 3.32. The molecule has 3 N–H and O–H groups in total. The predicted molar refractivity (Wildman–Crippen MR) is 76.8 cm³/mol. The Morgan fingerprint density at radius 3 is 3.10 bits per heavy atom. The number of rotatable bonds is 4. The molecular weight excluding hydrogens is 258 g/mol. The van der Waals surface area contributed by atoms with Gasteiger partial charge in [-0.15, -0.1) is 0 Å². The maximum absolute atomic E-state index is 10.7. The van der Waals surface area contributed by atoms with E-state index in [1.165, 1.54) is 17.7 Å². The summed E-state index contributed by atoms with van der Waals surface area (Å²) in [5.74, 6) is 0.639. The smallest absolute Gasteiger partial charge is 0.271 e. The van der Waals surface area contributed by atoms with Gasteiger partial charge in [-0.3, -0.25) is 10.1 Å². The van der Waals surface area contributed by atoms with E-state index in [4.69, 9.17) is 0 Å². The van der Waals surface area contributed by atoms with E-state index in [-0.39, 0.29) is 5.69 Å². The molecule has 0 fully saturated rings. The highest BCUT2D eigenvalue weighted by Crippen LogP contribution is 2.20. The monoisotopic (exact) mass is 273 g/mol. The van der Waals surface area contributed by atoms with Crippen LogP contribution in [0.2, 0.25) is 0 Å². The molecule has 7 heteroatoms. The number of aromatic amines is 1. The highest BCUT2D eigenvalue weighted by Gasteiger charge is 2.10. The van der Waals surface area contributed by atoms with Crippen LogP contribution in [0.15, 0.2) is 29.8 Å². The van der Waals surface area contributed by atoms with Gasteiger partial charge >= 0.3 is 0 Å². The molecular formula is C13H15N5O2. The number of nitrogens with zero attached hydrogens (tertiary/aromatic N) is 2. The van der Waals surface area contributed by atoms with E-state index in [2.05, 4.69) is 26.7 Å². The minimum absolute atomic E-state index is 0.0637. The SMILES string of the molecule is O=[N+]([O-])c1ccc2nc(NCC3=CCNCC3)[nH]c2c1. The average Bonchev–Trinajstić information content (AvgIpc) is 2.88. The van der Waals surface area contributed by atoms with Gasteiger partial charge in [0, 0.05) is 25.2 Å². The molecule has 7 nitrogen and oxygen atoms in total. The first kappa shape index (κ1) is 12.6. The lowest BCUT2D eigenvalue weighted by atomic mass is 10.1. The Labute approximate surface area is 115 Å². The molecule has 0 aliphatic carbocycles. The first-order chi connectivity index (χ1) is 9.72. The zero-order valence-corrected chi connectivity index (χ0v) is 10.8. The van der Waals surface area contributed by atoms with Gasteiger partial charge in [0.25, 0.3) is 5.69 Å². The number of hydrogen-bond acceptors (Lipinski definition) is 5. The fourth-order valence-corrected chi connectivity index (χ4v) is 2.22. The molecule has 0 saturated carbocycles. The van der Waals surface area contributed by atoms with Gasteiger partial charge in [-0.1, -0.05) is 11.6 Å². The lowest BCUT2D eigenvalue weighted by Crippen LogP contribution is -2.23. The van der Waals surface area contributed by atoms with Crippen LogP contribution in [0.3, 0.4) is 0 Å². The molecule has 0 atom stereocenters. The molecule has 0 spiro atoms. The van der Waals surface area contributed by atoms with Crippen molar-refractivity contribution in [1.82, 2.24) is 15.3 Å². The second kappa shape index (κ2) is 5.30. The Balaban J connectivity index is 1.75. The minimum Gasteiger partial charge on any atom is -0.352 e. The van der Waals surface area contributed by atoms with Crippen LogP contribution in [0.1, 0.15) is 6.42 Å². The first-order valence-corrected chi connectivity index (χ1v) is 6.49. The zero-order chi connectivity index (χ0) is 13.9. The number of aromatic nitrogens is 2. The lowest BCUT2D eigenvalue weighted by molar-refractivity contribution is -0.384. The first-order valence-electron chi connectivity index (χ1n) is 6.49. The number of benzene rings is 1. The van der Waals surface area contributed by atoms with Crippen molar-refractivity contribution in [3.63, 3.8) is 0 Å². The van der Waals surface area contributed by atoms with E-state index in [0.717, 1.165) is 31.6 Å². The van der Waals surface area contributed by atoms with Gasteiger partial charge in [0.1, 0.15) is 0 Å². The van der Waals surface area contributed by atoms with E-state index in [1.807, 2.05) is 0 Å². The summed E-state index contributed by atoms with van der Waals surface area (Å²) in [4.78, 5) is 17.7. The number of imidazole rings is 1. The molecule has 1 aliphatic heterocycles. The van der Waals surface area contributed by atoms with E-state index in [0.29, 0.717) is 11.5 Å². The molecule has 0 bridgehead atoms. The van der Waals surface area contributed by atoms with Crippen LogP contribution in [0.25, 0.3) is 11.0 Å². The van der Waals surface area contributed by atoms with Gasteiger partial charge in [0.15, 0.2) is 0 Å². The van der Waals surface area contributed by atoms with Crippen LogP contribution in [-0.2, 0) is 0 Å². The van der Waals surface area contributed by atoms with Crippen molar-refractivity contribution in [3.8, 4) is 0 Å². The average molecular weight is 273 g/mol. The van der Waals surface area contributed by atoms with Crippen LogP contribution >= 0.6 is 0 Å². The normalized spacial score (nSPS) is 15.1. The molecule has 1 aliphatic rings. The molecule has 0 saturated heterocycles. The zero-order valence-electron chi connectivity index (χ0n) is 10.8. The standard InChI is InChI=1S/C13H15N5O2/c19-18(20)10-1-2-11-12(7-10)17-13(16-11)15-8-9-3-5-14-6-4-9/h1-3,7,14H,4-6,8H2,(H2,15,16,17). The van der Waals surface area contributed by atoms with Crippen molar-refractivity contribution in [3.05, 3.63) is 40.0 Å². The van der Waals surface area contributed by atoms with Gasteiger partial charge in [0.2, 0.25) is 5.95 Å². The largest absolute Gasteiger partial charge is 0.352 e. The molecule has 3 rings (SSSR count). The summed E-state index contributed by atoms with van der Waals surface area (Å²) in [6.45, 7) is 2.65. The van der Waals surface area contributed by atoms with Gasteiger partial charge < -0.3 is 15.6 Å². The van der Waals surface area contributed by atoms with Crippen LogP contribution in [0, 0.1) is 10.1 Å². The lowest BCUT2D eigenvalue weighted by Gasteiger charge is -2.13. The highest BCUT2D eigenvalue weighted by molar-refractivity contribution is 5.79. The second-order valence-corrected chi connectivity index (χ2v) is 4.71. The molecule has 1 aromatic heterocycles. The third-order valence-corrected chi connectivity index (χ3v) is 3.32. The van der Waals surface area contributed by atoms with Crippen LogP contribution < -0.4 is 10.6 Å². The van der Waals surface area contributed by atoms with Crippen molar-refractivity contribution < 1.29 is 4.92 Å². The summed E-state index contributed by atoms with van der Waals surface area (Å²) in [7, 11) is 0. The van der Waals surface area contributed by atoms with Gasteiger partial charge in [-0.25, -0.2) is 4.98 Å².